The molecular formula is C14H30N2O2. The molecule has 0 aliphatic rings. The number of carbonyl (C=O) groups excluding carboxylic acids is 1. The highest BCUT2D eigenvalue weighted by atomic mass is 16.3. The second-order valence-corrected chi connectivity index (χ2v) is 6.05. The number of likely N-dealkylation sites (N-methyl/N-ethyl adjacent to an activating group) is 2. The van der Waals surface area contributed by atoms with Crippen molar-refractivity contribution in [2.45, 2.75) is 46.2 Å². The summed E-state index contributed by atoms with van der Waals surface area (Å²) in [5.41, 5.74) is 0. The average Bonchev–Trinajstić information content (AvgIpc) is 2.24. The fourth-order valence-electron chi connectivity index (χ4n) is 2.16. The van der Waals surface area contributed by atoms with Crippen LogP contribution in [0.4, 0.5) is 0 Å². The molecule has 0 radical (unpaired) electrons. The summed E-state index contributed by atoms with van der Waals surface area (Å²) in [6.07, 6.45) is 0.840. The van der Waals surface area contributed by atoms with Crippen LogP contribution >= 0.6 is 0 Å². The monoisotopic (exact) mass is 258 g/mol. The molecule has 4 nitrogen and oxygen atoms in total. The van der Waals surface area contributed by atoms with Gasteiger partial charge in [-0.15, -0.1) is 0 Å². The molecule has 1 amide bonds. The molecule has 0 aromatic heterocycles. The lowest BCUT2D eigenvalue weighted by atomic mass is 9.99. The van der Waals surface area contributed by atoms with Crippen molar-refractivity contribution in [1.82, 2.24) is 9.80 Å². The van der Waals surface area contributed by atoms with Crippen molar-refractivity contribution in [3.63, 3.8) is 0 Å². The summed E-state index contributed by atoms with van der Waals surface area (Å²) in [6, 6.07) is -0.213. The van der Waals surface area contributed by atoms with Crippen molar-refractivity contribution in [2.24, 2.45) is 11.8 Å². The van der Waals surface area contributed by atoms with Gasteiger partial charge in [0.2, 0.25) is 5.91 Å². The first-order valence-electron chi connectivity index (χ1n) is 6.76. The third kappa shape index (κ3) is 4.94. The lowest BCUT2D eigenvalue weighted by molar-refractivity contribution is -0.139. The summed E-state index contributed by atoms with van der Waals surface area (Å²) in [6.45, 7) is 8.31. The van der Waals surface area contributed by atoms with E-state index in [4.69, 9.17) is 0 Å². The van der Waals surface area contributed by atoms with Crippen LogP contribution in [0.2, 0.25) is 0 Å². The SMILES string of the molecule is CC(C)CC(C(=O)N(C)C(CO)C(C)C)N(C)C. The van der Waals surface area contributed by atoms with Gasteiger partial charge in [0.15, 0.2) is 0 Å². The third-order valence-corrected chi connectivity index (χ3v) is 3.40. The Kier molecular flexibility index (Phi) is 7.48. The predicted molar refractivity (Wildman–Crippen MR) is 75.4 cm³/mol. The standard InChI is InChI=1S/C14H30N2O2/c1-10(2)8-12(15(5)6)14(18)16(7)13(9-17)11(3)4/h10-13,17H,8-9H2,1-7H3. The first-order valence-corrected chi connectivity index (χ1v) is 6.76. The molecule has 0 saturated carbocycles. The molecule has 18 heavy (non-hydrogen) atoms. The van der Waals surface area contributed by atoms with Crippen LogP contribution < -0.4 is 0 Å². The van der Waals surface area contributed by atoms with Crippen LogP contribution in [0.1, 0.15) is 34.1 Å². The number of hydrogen-bond donors (Lipinski definition) is 1. The maximum atomic E-state index is 12.5. The molecule has 0 aliphatic carbocycles. The predicted octanol–water partition coefficient (Wildman–Crippen LogP) is 1.44. The van der Waals surface area contributed by atoms with Gasteiger partial charge in [-0.1, -0.05) is 27.7 Å². The summed E-state index contributed by atoms with van der Waals surface area (Å²) in [5, 5.41) is 9.41. The Balaban J connectivity index is 4.85. The lowest BCUT2D eigenvalue weighted by Gasteiger charge is -2.35. The summed E-state index contributed by atoms with van der Waals surface area (Å²) in [4.78, 5) is 16.2. The molecule has 4 heteroatoms. The van der Waals surface area contributed by atoms with E-state index in [9.17, 15) is 9.90 Å². The quantitative estimate of drug-likeness (QED) is 0.751. The minimum Gasteiger partial charge on any atom is -0.394 e. The van der Waals surface area contributed by atoms with Gasteiger partial charge in [-0.3, -0.25) is 9.69 Å². The van der Waals surface area contributed by atoms with E-state index in [-0.39, 0.29) is 30.5 Å². The van der Waals surface area contributed by atoms with Gasteiger partial charge in [0.1, 0.15) is 0 Å². The fourth-order valence-corrected chi connectivity index (χ4v) is 2.16. The van der Waals surface area contributed by atoms with E-state index in [0.29, 0.717) is 5.92 Å². The first-order chi connectivity index (χ1) is 8.22. The normalized spacial score (nSPS) is 15.3. The first kappa shape index (κ1) is 17.4. The largest absolute Gasteiger partial charge is 0.394 e. The molecule has 2 atom stereocenters. The Labute approximate surface area is 112 Å². The zero-order chi connectivity index (χ0) is 14.5. The van der Waals surface area contributed by atoms with Crippen LogP contribution in [-0.4, -0.2) is 60.6 Å². The highest BCUT2D eigenvalue weighted by molar-refractivity contribution is 5.82. The summed E-state index contributed by atoms with van der Waals surface area (Å²) >= 11 is 0. The average molecular weight is 258 g/mol. The van der Waals surface area contributed by atoms with E-state index in [1.807, 2.05) is 32.8 Å². The molecule has 0 rings (SSSR count). The van der Waals surface area contributed by atoms with Crippen molar-refractivity contribution >= 4 is 5.91 Å². The second-order valence-electron chi connectivity index (χ2n) is 6.05. The Hall–Kier alpha value is -0.610. The molecule has 1 N–H and O–H groups in total. The van der Waals surface area contributed by atoms with Crippen LogP contribution in [0.3, 0.4) is 0 Å². The van der Waals surface area contributed by atoms with Crippen molar-refractivity contribution in [2.75, 3.05) is 27.7 Å². The number of nitrogens with zero attached hydrogens (tertiary/aromatic N) is 2. The van der Waals surface area contributed by atoms with Crippen molar-refractivity contribution < 1.29 is 9.90 Å². The fraction of sp³-hybridized carbons (Fsp3) is 0.929. The van der Waals surface area contributed by atoms with Crippen LogP contribution in [0.15, 0.2) is 0 Å². The number of aliphatic hydroxyl groups excluding tert-OH is 1. The summed E-state index contributed by atoms with van der Waals surface area (Å²) < 4.78 is 0. The molecule has 0 fully saturated rings. The molecular weight excluding hydrogens is 228 g/mol. The van der Waals surface area contributed by atoms with Crippen LogP contribution in [0, 0.1) is 11.8 Å². The number of aliphatic hydroxyl groups is 1. The minimum atomic E-state index is -0.109. The smallest absolute Gasteiger partial charge is 0.239 e. The number of rotatable bonds is 7. The Bertz CT molecular complexity index is 252. The molecule has 108 valence electrons. The molecule has 0 heterocycles. The van der Waals surface area contributed by atoms with E-state index in [0.717, 1.165) is 6.42 Å². The van der Waals surface area contributed by atoms with Gasteiger partial charge in [-0.2, -0.15) is 0 Å². The van der Waals surface area contributed by atoms with Crippen LogP contribution in [0.25, 0.3) is 0 Å². The highest BCUT2D eigenvalue weighted by Gasteiger charge is 2.29. The molecule has 0 spiro atoms. The molecule has 0 saturated heterocycles. The van der Waals surface area contributed by atoms with Crippen LogP contribution in [-0.2, 0) is 4.79 Å². The molecule has 0 aromatic rings. The lowest BCUT2D eigenvalue weighted by Crippen LogP contribution is -2.51. The second kappa shape index (κ2) is 7.74. The van der Waals surface area contributed by atoms with Gasteiger partial charge in [0.05, 0.1) is 18.7 Å². The van der Waals surface area contributed by atoms with Gasteiger partial charge in [-0.05, 0) is 32.4 Å². The van der Waals surface area contributed by atoms with Gasteiger partial charge in [0.25, 0.3) is 0 Å². The van der Waals surface area contributed by atoms with Crippen molar-refractivity contribution in [1.29, 1.82) is 0 Å². The summed E-state index contributed by atoms with van der Waals surface area (Å²) in [5.74, 6) is 0.827. The highest BCUT2D eigenvalue weighted by Crippen LogP contribution is 2.15. The maximum Gasteiger partial charge on any atom is 0.239 e. The molecule has 0 aliphatic heterocycles. The van der Waals surface area contributed by atoms with Crippen molar-refractivity contribution in [3.8, 4) is 0 Å². The zero-order valence-corrected chi connectivity index (χ0v) is 13.0. The third-order valence-electron chi connectivity index (χ3n) is 3.40. The number of amides is 1. The zero-order valence-electron chi connectivity index (χ0n) is 13.0. The summed E-state index contributed by atoms with van der Waals surface area (Å²) in [7, 11) is 5.66. The van der Waals surface area contributed by atoms with Crippen LogP contribution in [0.5, 0.6) is 0 Å². The van der Waals surface area contributed by atoms with Gasteiger partial charge in [0, 0.05) is 7.05 Å². The maximum absolute atomic E-state index is 12.5. The topological polar surface area (TPSA) is 43.8 Å². The molecule has 0 bridgehead atoms. The Morgan fingerprint density at radius 1 is 1.11 bits per heavy atom. The van der Waals surface area contributed by atoms with Crippen molar-refractivity contribution in [3.05, 3.63) is 0 Å². The van der Waals surface area contributed by atoms with Gasteiger partial charge >= 0.3 is 0 Å². The van der Waals surface area contributed by atoms with E-state index in [2.05, 4.69) is 13.8 Å². The van der Waals surface area contributed by atoms with Gasteiger partial charge in [-0.25, -0.2) is 0 Å². The number of hydrogen-bond acceptors (Lipinski definition) is 3. The van der Waals surface area contributed by atoms with E-state index in [1.54, 1.807) is 11.9 Å². The van der Waals surface area contributed by atoms with E-state index in [1.165, 1.54) is 0 Å². The Morgan fingerprint density at radius 3 is 1.89 bits per heavy atom. The van der Waals surface area contributed by atoms with E-state index < -0.39 is 0 Å². The van der Waals surface area contributed by atoms with E-state index >= 15 is 0 Å². The molecule has 0 aromatic carbocycles. The van der Waals surface area contributed by atoms with Gasteiger partial charge < -0.3 is 10.0 Å². The Morgan fingerprint density at radius 2 is 1.61 bits per heavy atom. The minimum absolute atomic E-state index is 0.0156. The molecule has 2 unspecified atom stereocenters. The number of carbonyl (C=O) groups is 1.